The highest BCUT2D eigenvalue weighted by molar-refractivity contribution is 7.97. The Labute approximate surface area is 196 Å². The molecule has 2 aromatic rings. The molecule has 0 aliphatic heterocycles. The van der Waals surface area contributed by atoms with Crippen molar-refractivity contribution in [2.45, 2.75) is 38.1 Å². The van der Waals surface area contributed by atoms with Crippen molar-refractivity contribution in [2.24, 2.45) is 4.99 Å². The molecule has 0 fully saturated rings. The molecule has 8 nitrogen and oxygen atoms in total. The molecule has 3 N–H and O–H groups in total. The van der Waals surface area contributed by atoms with Crippen molar-refractivity contribution in [3.8, 4) is 5.75 Å². The van der Waals surface area contributed by atoms with Crippen LogP contribution in [0.25, 0.3) is 0 Å². The number of aliphatic imine (C=N–C) groups is 1. The molecule has 1 atom stereocenters. The first-order chi connectivity index (χ1) is 15.3. The van der Waals surface area contributed by atoms with Gasteiger partial charge in [0.05, 0.1) is 34.5 Å². The molecule has 0 aliphatic rings. The Morgan fingerprint density at radius 1 is 1.34 bits per heavy atom. The fraction of sp³-hybridized carbons (Fsp3) is 0.318. The van der Waals surface area contributed by atoms with Crippen molar-refractivity contribution in [1.82, 2.24) is 4.47 Å². The molecular weight excluding hydrogens is 452 g/mol. The average molecular weight is 479 g/mol. The van der Waals surface area contributed by atoms with E-state index in [4.69, 9.17) is 16.4 Å². The highest BCUT2D eigenvalue weighted by Crippen LogP contribution is 2.43. The van der Waals surface area contributed by atoms with Crippen LogP contribution in [0.5, 0.6) is 5.75 Å². The third kappa shape index (κ3) is 5.60. The molecule has 0 heterocycles. The summed E-state index contributed by atoms with van der Waals surface area (Å²) >= 11 is 7.35. The number of allylic oxidation sites excluding steroid dienone is 3. The molecule has 0 saturated heterocycles. The van der Waals surface area contributed by atoms with E-state index in [0.29, 0.717) is 28.6 Å². The van der Waals surface area contributed by atoms with Gasteiger partial charge in [-0.15, -0.1) is 4.47 Å². The Kier molecular flexibility index (Phi) is 9.52. The molecule has 0 aromatic heterocycles. The fourth-order valence-electron chi connectivity index (χ4n) is 2.88. The molecule has 0 bridgehead atoms. The summed E-state index contributed by atoms with van der Waals surface area (Å²) in [7, 11) is 1.51. The summed E-state index contributed by atoms with van der Waals surface area (Å²) < 4.78 is 1.53. The Morgan fingerprint density at radius 3 is 2.59 bits per heavy atom. The van der Waals surface area contributed by atoms with E-state index in [-0.39, 0.29) is 28.9 Å². The molecular formula is C22H27ClN4O4S. The maximum Gasteiger partial charge on any atom is 0.253 e. The predicted molar refractivity (Wildman–Crippen MR) is 133 cm³/mol. The minimum atomic E-state index is -0.677. The van der Waals surface area contributed by atoms with Gasteiger partial charge in [0.1, 0.15) is 11.4 Å². The zero-order chi connectivity index (χ0) is 23.8. The molecule has 10 heteroatoms. The van der Waals surface area contributed by atoms with Crippen LogP contribution in [0.3, 0.4) is 0 Å². The maximum absolute atomic E-state index is 12.3. The van der Waals surface area contributed by atoms with Crippen molar-refractivity contribution < 1.29 is 9.94 Å². The van der Waals surface area contributed by atoms with Crippen LogP contribution in [0.15, 0.2) is 55.5 Å². The second-order valence-corrected chi connectivity index (χ2v) is 8.01. The summed E-state index contributed by atoms with van der Waals surface area (Å²) in [4.78, 5) is 34.1. The number of phenols is 1. The van der Waals surface area contributed by atoms with Gasteiger partial charge in [-0.2, -0.15) is 0 Å². The molecule has 0 amide bonds. The first-order valence-electron chi connectivity index (χ1n) is 10.00. The van der Waals surface area contributed by atoms with Gasteiger partial charge in [0, 0.05) is 6.54 Å². The molecule has 32 heavy (non-hydrogen) atoms. The van der Waals surface area contributed by atoms with Crippen LogP contribution in [0.2, 0.25) is 5.02 Å². The molecule has 2 aromatic carbocycles. The number of hydrogen-bond donors (Lipinski definition) is 3. The Morgan fingerprint density at radius 2 is 2.03 bits per heavy atom. The highest BCUT2D eigenvalue weighted by atomic mass is 35.5. The van der Waals surface area contributed by atoms with Gasteiger partial charge in [-0.1, -0.05) is 30.7 Å². The fourth-order valence-corrected chi connectivity index (χ4v) is 3.90. The van der Waals surface area contributed by atoms with Gasteiger partial charge in [0.25, 0.3) is 10.9 Å². The second kappa shape index (κ2) is 11.9. The van der Waals surface area contributed by atoms with E-state index in [9.17, 15) is 14.7 Å². The molecule has 0 aliphatic carbocycles. The Balaban J connectivity index is 2.37. The van der Waals surface area contributed by atoms with Gasteiger partial charge in [-0.3, -0.25) is 19.4 Å². The number of hydroxylamine groups is 1. The quantitative estimate of drug-likeness (QED) is 0.101. The van der Waals surface area contributed by atoms with Crippen molar-refractivity contribution >= 4 is 47.3 Å². The van der Waals surface area contributed by atoms with Gasteiger partial charge in [-0.05, 0) is 57.1 Å². The van der Waals surface area contributed by atoms with Crippen LogP contribution in [-0.2, 0) is 4.84 Å². The van der Waals surface area contributed by atoms with E-state index in [1.165, 1.54) is 17.6 Å². The minimum Gasteiger partial charge on any atom is -0.505 e. The largest absolute Gasteiger partial charge is 0.505 e. The monoisotopic (exact) mass is 478 g/mol. The Hall–Kier alpha value is -2.59. The lowest BCUT2D eigenvalue weighted by Gasteiger charge is -2.23. The number of anilines is 3. The van der Waals surface area contributed by atoms with Gasteiger partial charge in [0.15, 0.2) is 5.75 Å². The van der Waals surface area contributed by atoms with Crippen LogP contribution in [0, 0.1) is 0 Å². The van der Waals surface area contributed by atoms with Crippen LogP contribution >= 0.6 is 23.5 Å². The SMILES string of the molecule is C=N/C(=C\C=C/C)[C@@H](CC)Nc1c(Nc2ccc(Cl)c(SN(CC)OC)c2O)c(=O)c1=O. The van der Waals surface area contributed by atoms with E-state index < -0.39 is 10.9 Å². The van der Waals surface area contributed by atoms with Crippen molar-refractivity contribution in [3.63, 3.8) is 0 Å². The van der Waals surface area contributed by atoms with Crippen LogP contribution in [-0.4, -0.2) is 36.0 Å². The summed E-state index contributed by atoms with van der Waals surface area (Å²) in [5.74, 6) is -0.162. The maximum atomic E-state index is 12.3. The number of nitrogens with one attached hydrogen (secondary N) is 2. The first-order valence-corrected chi connectivity index (χ1v) is 11.1. The lowest BCUT2D eigenvalue weighted by molar-refractivity contribution is -0.0333. The highest BCUT2D eigenvalue weighted by Gasteiger charge is 2.26. The Bertz CT molecular complexity index is 1090. The molecule has 0 unspecified atom stereocenters. The van der Waals surface area contributed by atoms with Crippen molar-refractivity contribution in [2.75, 3.05) is 24.3 Å². The number of nitrogens with zero attached hydrogens (tertiary/aromatic N) is 2. The van der Waals surface area contributed by atoms with Crippen molar-refractivity contribution in [3.05, 3.63) is 61.5 Å². The number of benzene rings is 1. The number of rotatable bonds is 12. The van der Waals surface area contributed by atoms with E-state index in [0.717, 1.165) is 11.9 Å². The number of phenolic OH excluding ortho intramolecular Hbond substituents is 1. The van der Waals surface area contributed by atoms with Gasteiger partial charge >= 0.3 is 0 Å². The molecule has 0 saturated carbocycles. The molecule has 172 valence electrons. The van der Waals surface area contributed by atoms with Gasteiger partial charge < -0.3 is 15.7 Å². The van der Waals surface area contributed by atoms with Gasteiger partial charge in [-0.25, -0.2) is 0 Å². The zero-order valence-electron chi connectivity index (χ0n) is 18.4. The topological polar surface area (TPSA) is 103 Å². The van der Waals surface area contributed by atoms with E-state index in [1.54, 1.807) is 12.1 Å². The number of hydrogen-bond acceptors (Lipinski definition) is 9. The van der Waals surface area contributed by atoms with E-state index >= 15 is 0 Å². The number of aromatic hydroxyl groups is 1. The number of halogens is 1. The summed E-state index contributed by atoms with van der Waals surface area (Å²) in [5, 5.41) is 17.0. The van der Waals surface area contributed by atoms with Crippen LogP contribution in [0.1, 0.15) is 27.2 Å². The molecule has 2 rings (SSSR count). The third-order valence-electron chi connectivity index (χ3n) is 4.63. The summed E-state index contributed by atoms with van der Waals surface area (Å²) in [5.41, 5.74) is -0.248. The molecule has 0 spiro atoms. The first kappa shape index (κ1) is 25.7. The predicted octanol–water partition coefficient (Wildman–Crippen LogP) is 4.63. The minimum absolute atomic E-state index is 0.0653. The van der Waals surface area contributed by atoms with Crippen LogP contribution in [0.4, 0.5) is 17.1 Å². The summed E-state index contributed by atoms with van der Waals surface area (Å²) in [6.45, 7) is 9.81. The second-order valence-electron chi connectivity index (χ2n) is 6.61. The third-order valence-corrected chi connectivity index (χ3v) is 6.27. The lowest BCUT2D eigenvalue weighted by atomic mass is 10.1. The average Bonchev–Trinajstić information content (AvgIpc) is 2.81. The summed E-state index contributed by atoms with van der Waals surface area (Å²) in [6, 6.07) is 2.80. The zero-order valence-corrected chi connectivity index (χ0v) is 20.0. The van der Waals surface area contributed by atoms with Crippen LogP contribution < -0.4 is 21.5 Å². The standard InChI is InChI=1S/C22H27ClN4O4S/c1-6-9-10-15(24-4)14(7-2)25-17-18(21(30)20(17)29)26-16-12-11-13(23)22(19(16)28)32-27(8-3)31-5/h6,9-12,14,25-26,28H,4,7-8H2,1-3,5H3/b9-6-,15-10-/t14-/m1/s1. The lowest BCUT2D eigenvalue weighted by Crippen LogP contribution is -2.39. The smallest absolute Gasteiger partial charge is 0.253 e. The van der Waals surface area contributed by atoms with E-state index in [1.807, 2.05) is 32.9 Å². The van der Waals surface area contributed by atoms with E-state index in [2.05, 4.69) is 22.3 Å². The normalized spacial score (nSPS) is 13.1. The molecule has 0 radical (unpaired) electrons. The van der Waals surface area contributed by atoms with Gasteiger partial charge in [0.2, 0.25) is 0 Å². The van der Waals surface area contributed by atoms with Crippen molar-refractivity contribution in [1.29, 1.82) is 0 Å². The summed E-state index contributed by atoms with van der Waals surface area (Å²) in [6.07, 6.45) is 6.07.